The molecule has 2 rings (SSSR count). The first-order chi connectivity index (χ1) is 8.74. The van der Waals surface area contributed by atoms with E-state index in [9.17, 15) is 4.79 Å². The van der Waals surface area contributed by atoms with Gasteiger partial charge in [-0.1, -0.05) is 0 Å². The zero-order valence-electron chi connectivity index (χ0n) is 10.2. The van der Waals surface area contributed by atoms with Crippen LogP contribution in [0.5, 0.6) is 0 Å². The maximum absolute atomic E-state index is 11.0. The molecule has 18 heavy (non-hydrogen) atoms. The maximum Gasteiger partial charge on any atom is 0.307 e. The van der Waals surface area contributed by atoms with E-state index < -0.39 is 0 Å². The molecule has 2 N–H and O–H groups in total. The number of carbonyl (C=O) groups is 1. The molecule has 0 atom stereocenters. The Labute approximate surface area is 108 Å². The minimum Gasteiger partial charge on any atom is -0.469 e. The van der Waals surface area contributed by atoms with Gasteiger partial charge in [0.15, 0.2) is 0 Å². The maximum atomic E-state index is 11.0. The van der Waals surface area contributed by atoms with Gasteiger partial charge in [0.2, 0.25) is 5.95 Å². The highest BCUT2D eigenvalue weighted by molar-refractivity contribution is 7.16. The molecular formula is C11H14N4O2S. The fourth-order valence-corrected chi connectivity index (χ4v) is 2.25. The number of hydrogen-bond donors (Lipinski definition) is 2. The van der Waals surface area contributed by atoms with Crippen molar-refractivity contribution in [2.24, 2.45) is 0 Å². The average Bonchev–Trinajstić information content (AvgIpc) is 2.86. The van der Waals surface area contributed by atoms with Gasteiger partial charge in [-0.15, -0.1) is 11.3 Å². The number of hydrogen-bond acceptors (Lipinski definition) is 7. The van der Waals surface area contributed by atoms with Crippen molar-refractivity contribution < 1.29 is 9.53 Å². The molecule has 2 aromatic heterocycles. The fraction of sp³-hybridized carbons (Fsp3) is 0.364. The molecule has 0 aromatic carbocycles. The molecule has 0 aliphatic rings. The monoisotopic (exact) mass is 266 g/mol. The van der Waals surface area contributed by atoms with Crippen LogP contribution in [0.15, 0.2) is 11.4 Å². The first-order valence-electron chi connectivity index (χ1n) is 5.48. The van der Waals surface area contributed by atoms with Crippen molar-refractivity contribution >= 4 is 39.3 Å². The van der Waals surface area contributed by atoms with Crippen LogP contribution in [0, 0.1) is 0 Å². The number of rotatable bonds is 5. The second kappa shape index (κ2) is 5.63. The van der Waals surface area contributed by atoms with E-state index in [2.05, 4.69) is 25.3 Å². The molecule has 7 heteroatoms. The van der Waals surface area contributed by atoms with Gasteiger partial charge >= 0.3 is 5.97 Å². The molecule has 0 fully saturated rings. The number of ether oxygens (including phenoxy) is 1. The van der Waals surface area contributed by atoms with Crippen LogP contribution in [0.4, 0.5) is 11.8 Å². The molecule has 0 spiro atoms. The van der Waals surface area contributed by atoms with E-state index in [1.54, 1.807) is 18.4 Å². The van der Waals surface area contributed by atoms with E-state index in [0.29, 0.717) is 18.9 Å². The van der Waals surface area contributed by atoms with Crippen molar-refractivity contribution in [2.75, 3.05) is 31.3 Å². The number of thiophene rings is 1. The predicted molar refractivity (Wildman–Crippen MR) is 72.1 cm³/mol. The van der Waals surface area contributed by atoms with E-state index in [1.165, 1.54) is 7.11 Å². The smallest absolute Gasteiger partial charge is 0.307 e. The van der Waals surface area contributed by atoms with E-state index in [-0.39, 0.29) is 5.97 Å². The predicted octanol–water partition coefficient (Wildman–Crippen LogP) is 1.71. The normalized spacial score (nSPS) is 10.3. The van der Waals surface area contributed by atoms with Crippen LogP contribution in [-0.2, 0) is 9.53 Å². The Kier molecular flexibility index (Phi) is 3.93. The van der Waals surface area contributed by atoms with Gasteiger partial charge in [0, 0.05) is 13.6 Å². The van der Waals surface area contributed by atoms with Crippen LogP contribution in [0.25, 0.3) is 10.2 Å². The Balaban J connectivity index is 2.15. The van der Waals surface area contributed by atoms with Gasteiger partial charge in [-0.05, 0) is 11.4 Å². The highest BCUT2D eigenvalue weighted by Gasteiger charge is 2.08. The number of fused-ring (bicyclic) bond motifs is 1. The highest BCUT2D eigenvalue weighted by atomic mass is 32.1. The molecule has 0 amide bonds. The Morgan fingerprint density at radius 1 is 1.50 bits per heavy atom. The van der Waals surface area contributed by atoms with Crippen molar-refractivity contribution in [1.82, 2.24) is 9.97 Å². The lowest BCUT2D eigenvalue weighted by atomic mass is 10.3. The summed E-state index contributed by atoms with van der Waals surface area (Å²) in [5, 5.41) is 8.97. The van der Waals surface area contributed by atoms with Crippen LogP contribution in [0.2, 0.25) is 0 Å². The molecular weight excluding hydrogens is 252 g/mol. The Morgan fingerprint density at radius 3 is 3.06 bits per heavy atom. The van der Waals surface area contributed by atoms with Gasteiger partial charge in [-0.3, -0.25) is 4.79 Å². The number of nitrogens with zero attached hydrogens (tertiary/aromatic N) is 2. The Morgan fingerprint density at radius 2 is 2.33 bits per heavy atom. The standard InChI is InChI=1S/C11H14N4O2S/c1-12-11-14-9(13-5-3-8(16)17-2)7-4-6-18-10(7)15-11/h4,6H,3,5H2,1-2H3,(H2,12,13,14,15). The van der Waals surface area contributed by atoms with Crippen LogP contribution in [0.1, 0.15) is 6.42 Å². The molecule has 0 radical (unpaired) electrons. The number of aromatic nitrogens is 2. The minimum absolute atomic E-state index is 0.244. The molecule has 2 heterocycles. The summed E-state index contributed by atoms with van der Waals surface area (Å²) in [7, 11) is 3.15. The zero-order valence-corrected chi connectivity index (χ0v) is 11.0. The van der Waals surface area contributed by atoms with Gasteiger partial charge in [0.25, 0.3) is 0 Å². The summed E-state index contributed by atoms with van der Waals surface area (Å²) >= 11 is 1.55. The third-order valence-electron chi connectivity index (χ3n) is 2.40. The van der Waals surface area contributed by atoms with Gasteiger partial charge < -0.3 is 15.4 Å². The third kappa shape index (κ3) is 2.67. The lowest BCUT2D eigenvalue weighted by Crippen LogP contribution is -2.11. The molecule has 6 nitrogen and oxygen atoms in total. The van der Waals surface area contributed by atoms with Crippen LogP contribution in [-0.4, -0.2) is 36.6 Å². The second-order valence-electron chi connectivity index (χ2n) is 3.54. The molecule has 0 saturated heterocycles. The van der Waals surface area contributed by atoms with Gasteiger partial charge in [0.05, 0.1) is 18.9 Å². The lowest BCUT2D eigenvalue weighted by Gasteiger charge is -2.07. The number of methoxy groups -OCH3 is 1. The number of anilines is 2. The Hall–Kier alpha value is -1.89. The molecule has 0 bridgehead atoms. The largest absolute Gasteiger partial charge is 0.469 e. The van der Waals surface area contributed by atoms with Crippen molar-refractivity contribution in [2.45, 2.75) is 6.42 Å². The van der Waals surface area contributed by atoms with Crippen LogP contribution >= 0.6 is 11.3 Å². The van der Waals surface area contributed by atoms with Gasteiger partial charge in [0.1, 0.15) is 10.6 Å². The molecule has 0 unspecified atom stereocenters. The summed E-state index contributed by atoms with van der Waals surface area (Å²) in [6, 6.07) is 1.96. The van der Waals surface area contributed by atoms with E-state index in [1.807, 2.05) is 11.4 Å². The summed E-state index contributed by atoms with van der Waals surface area (Å²) < 4.78 is 4.58. The zero-order chi connectivity index (χ0) is 13.0. The summed E-state index contributed by atoms with van der Waals surface area (Å²) in [6.07, 6.45) is 0.307. The van der Waals surface area contributed by atoms with Crippen molar-refractivity contribution in [3.8, 4) is 0 Å². The number of nitrogens with one attached hydrogen (secondary N) is 2. The topological polar surface area (TPSA) is 76.1 Å². The van der Waals surface area contributed by atoms with Crippen molar-refractivity contribution in [3.05, 3.63) is 11.4 Å². The van der Waals surface area contributed by atoms with E-state index in [0.717, 1.165) is 16.0 Å². The third-order valence-corrected chi connectivity index (χ3v) is 3.20. The molecule has 96 valence electrons. The van der Waals surface area contributed by atoms with Crippen molar-refractivity contribution in [1.29, 1.82) is 0 Å². The molecule has 0 aliphatic carbocycles. The first-order valence-corrected chi connectivity index (χ1v) is 6.36. The quantitative estimate of drug-likeness (QED) is 0.802. The fourth-order valence-electron chi connectivity index (χ4n) is 1.49. The van der Waals surface area contributed by atoms with Crippen LogP contribution < -0.4 is 10.6 Å². The molecule has 0 aliphatic heterocycles. The van der Waals surface area contributed by atoms with Crippen LogP contribution in [0.3, 0.4) is 0 Å². The lowest BCUT2D eigenvalue weighted by molar-refractivity contribution is -0.140. The van der Waals surface area contributed by atoms with Crippen molar-refractivity contribution in [3.63, 3.8) is 0 Å². The highest BCUT2D eigenvalue weighted by Crippen LogP contribution is 2.26. The number of esters is 1. The molecule has 2 aromatic rings. The minimum atomic E-state index is -0.244. The Bertz CT molecular complexity index is 555. The van der Waals surface area contributed by atoms with E-state index >= 15 is 0 Å². The van der Waals surface area contributed by atoms with E-state index in [4.69, 9.17) is 0 Å². The summed E-state index contributed by atoms with van der Waals surface area (Å²) in [5.41, 5.74) is 0. The van der Waals surface area contributed by atoms with Gasteiger partial charge in [-0.25, -0.2) is 4.98 Å². The molecule has 0 saturated carbocycles. The summed E-state index contributed by atoms with van der Waals surface area (Å²) in [5.74, 6) is 1.05. The summed E-state index contributed by atoms with van der Waals surface area (Å²) in [4.78, 5) is 20.6. The summed E-state index contributed by atoms with van der Waals surface area (Å²) in [6.45, 7) is 0.484. The SMILES string of the molecule is CNc1nc(NCCC(=O)OC)c2ccsc2n1. The first kappa shape index (κ1) is 12.6. The second-order valence-corrected chi connectivity index (χ2v) is 4.43. The number of carbonyl (C=O) groups excluding carboxylic acids is 1. The van der Waals surface area contributed by atoms with Gasteiger partial charge in [-0.2, -0.15) is 4.98 Å². The average molecular weight is 266 g/mol.